The van der Waals surface area contributed by atoms with Crippen LogP contribution in [-0.4, -0.2) is 39.4 Å². The Kier molecular flexibility index (Phi) is 3.92. The first kappa shape index (κ1) is 16.9. The van der Waals surface area contributed by atoms with Gasteiger partial charge in [-0.15, -0.1) is 0 Å². The van der Waals surface area contributed by atoms with Gasteiger partial charge in [-0.05, 0) is 26.0 Å². The van der Waals surface area contributed by atoms with Crippen molar-refractivity contribution in [3.8, 4) is 5.75 Å². The van der Waals surface area contributed by atoms with Crippen LogP contribution >= 0.6 is 0 Å². The standard InChI is InChI=1S/C21H24N2O3/c1-5-23-17-10-8-7-9-15(17)21(19(23)24)16-12-11-14(26-6-2)13-18(16)22(3)20(21)25-4/h7-13,20H,5-6H2,1-4H3/t20-,21?/m1/s1. The van der Waals surface area contributed by atoms with Gasteiger partial charge in [0.2, 0.25) is 5.91 Å². The predicted molar refractivity (Wildman–Crippen MR) is 102 cm³/mol. The number of anilines is 2. The van der Waals surface area contributed by atoms with E-state index in [4.69, 9.17) is 9.47 Å². The van der Waals surface area contributed by atoms with Gasteiger partial charge < -0.3 is 19.3 Å². The van der Waals surface area contributed by atoms with Crippen LogP contribution in [-0.2, 0) is 14.9 Å². The lowest BCUT2D eigenvalue weighted by Crippen LogP contribution is -2.52. The number of carbonyl (C=O) groups excluding carboxylic acids is 1. The first-order chi connectivity index (χ1) is 12.6. The molecule has 2 aromatic rings. The zero-order chi connectivity index (χ0) is 18.5. The van der Waals surface area contributed by atoms with Gasteiger partial charge in [0.1, 0.15) is 11.2 Å². The third-order valence-electron chi connectivity index (χ3n) is 5.55. The molecule has 2 aliphatic rings. The van der Waals surface area contributed by atoms with Crippen molar-refractivity contribution < 1.29 is 14.3 Å². The second-order valence-corrected chi connectivity index (χ2v) is 6.69. The number of methoxy groups -OCH3 is 1. The highest BCUT2D eigenvalue weighted by Gasteiger charge is 2.62. The lowest BCUT2D eigenvalue weighted by Gasteiger charge is -2.33. The van der Waals surface area contributed by atoms with E-state index >= 15 is 0 Å². The summed E-state index contributed by atoms with van der Waals surface area (Å²) in [6.45, 7) is 5.20. The molecule has 136 valence electrons. The fraction of sp³-hybridized carbons (Fsp3) is 0.381. The van der Waals surface area contributed by atoms with Crippen LogP contribution in [0.5, 0.6) is 5.75 Å². The van der Waals surface area contributed by atoms with Crippen LogP contribution in [0.3, 0.4) is 0 Å². The zero-order valence-electron chi connectivity index (χ0n) is 15.7. The van der Waals surface area contributed by atoms with Crippen LogP contribution < -0.4 is 14.5 Å². The Morgan fingerprint density at radius 1 is 1.08 bits per heavy atom. The van der Waals surface area contributed by atoms with E-state index in [2.05, 4.69) is 0 Å². The van der Waals surface area contributed by atoms with Gasteiger partial charge in [-0.1, -0.05) is 24.3 Å². The van der Waals surface area contributed by atoms with Gasteiger partial charge in [0.05, 0.1) is 6.61 Å². The Balaban J connectivity index is 2.00. The third-order valence-corrected chi connectivity index (χ3v) is 5.55. The van der Waals surface area contributed by atoms with Crippen molar-refractivity contribution >= 4 is 17.3 Å². The summed E-state index contributed by atoms with van der Waals surface area (Å²) in [5.74, 6) is 0.874. The van der Waals surface area contributed by atoms with E-state index in [9.17, 15) is 4.79 Å². The summed E-state index contributed by atoms with van der Waals surface area (Å²) in [5.41, 5.74) is 3.08. The van der Waals surface area contributed by atoms with Crippen LogP contribution in [0, 0.1) is 0 Å². The number of amides is 1. The molecular weight excluding hydrogens is 328 g/mol. The van der Waals surface area contributed by atoms with E-state index in [-0.39, 0.29) is 5.91 Å². The molecule has 0 aromatic heterocycles. The van der Waals surface area contributed by atoms with Gasteiger partial charge in [-0.25, -0.2) is 0 Å². The van der Waals surface area contributed by atoms with Crippen LogP contribution in [0.15, 0.2) is 42.5 Å². The highest BCUT2D eigenvalue weighted by molar-refractivity contribution is 6.13. The number of ether oxygens (including phenoxy) is 2. The van der Waals surface area contributed by atoms with Crippen molar-refractivity contribution in [2.24, 2.45) is 0 Å². The molecule has 0 saturated heterocycles. The van der Waals surface area contributed by atoms with Crippen LogP contribution in [0.2, 0.25) is 0 Å². The summed E-state index contributed by atoms with van der Waals surface area (Å²) in [5, 5.41) is 0. The maximum Gasteiger partial charge on any atom is 0.246 e. The molecular formula is C21H24N2O3. The Bertz CT molecular complexity index is 866. The summed E-state index contributed by atoms with van der Waals surface area (Å²) < 4.78 is 11.6. The molecule has 2 aromatic carbocycles. The minimum absolute atomic E-state index is 0.0720. The van der Waals surface area contributed by atoms with Crippen LogP contribution in [0.1, 0.15) is 25.0 Å². The van der Waals surface area contributed by atoms with E-state index in [0.29, 0.717) is 13.2 Å². The predicted octanol–water partition coefficient (Wildman–Crippen LogP) is 3.16. The number of benzene rings is 2. The average Bonchev–Trinajstić information content (AvgIpc) is 3.06. The Morgan fingerprint density at radius 2 is 1.81 bits per heavy atom. The normalized spacial score (nSPS) is 23.5. The van der Waals surface area contributed by atoms with Gasteiger partial charge >= 0.3 is 0 Å². The molecule has 1 spiro atoms. The summed E-state index contributed by atoms with van der Waals surface area (Å²) >= 11 is 0. The summed E-state index contributed by atoms with van der Waals surface area (Å²) in [4.78, 5) is 17.6. The summed E-state index contributed by atoms with van der Waals surface area (Å²) in [6, 6.07) is 14.0. The molecule has 2 atom stereocenters. The number of likely N-dealkylation sites (N-methyl/N-ethyl adjacent to an activating group) is 2. The molecule has 0 bridgehead atoms. The molecule has 0 radical (unpaired) electrons. The first-order valence-electron chi connectivity index (χ1n) is 9.05. The summed E-state index contributed by atoms with van der Waals surface area (Å²) in [7, 11) is 3.64. The molecule has 0 fully saturated rings. The highest BCUT2D eigenvalue weighted by Crippen LogP contribution is 2.56. The van der Waals surface area contributed by atoms with Crippen LogP contribution in [0.4, 0.5) is 11.4 Å². The van der Waals surface area contributed by atoms with Gasteiger partial charge in [0, 0.05) is 49.3 Å². The molecule has 4 rings (SSSR count). The van der Waals surface area contributed by atoms with E-state index in [1.165, 1.54) is 0 Å². The Hall–Kier alpha value is -2.53. The lowest BCUT2D eigenvalue weighted by molar-refractivity contribution is -0.125. The van der Waals surface area contributed by atoms with Gasteiger partial charge in [-0.3, -0.25) is 4.79 Å². The average molecular weight is 352 g/mol. The number of nitrogens with zero attached hydrogens (tertiary/aromatic N) is 2. The molecule has 26 heavy (non-hydrogen) atoms. The van der Waals surface area contributed by atoms with Gasteiger partial charge in [0.15, 0.2) is 6.23 Å². The topological polar surface area (TPSA) is 42.0 Å². The largest absolute Gasteiger partial charge is 0.494 e. The second-order valence-electron chi connectivity index (χ2n) is 6.69. The van der Waals surface area contributed by atoms with Crippen molar-refractivity contribution in [1.29, 1.82) is 0 Å². The van der Waals surface area contributed by atoms with Crippen LogP contribution in [0.25, 0.3) is 0 Å². The monoisotopic (exact) mass is 352 g/mol. The highest BCUT2D eigenvalue weighted by atomic mass is 16.5. The number of rotatable bonds is 4. The maximum absolute atomic E-state index is 13.7. The summed E-state index contributed by atoms with van der Waals surface area (Å²) in [6.07, 6.45) is -0.403. The van der Waals surface area contributed by atoms with Gasteiger partial charge in [-0.2, -0.15) is 0 Å². The fourth-order valence-corrected chi connectivity index (χ4v) is 4.57. The third kappa shape index (κ3) is 1.92. The van der Waals surface area contributed by atoms with Crippen molar-refractivity contribution in [1.82, 2.24) is 0 Å². The molecule has 2 heterocycles. The molecule has 0 saturated carbocycles. The number of para-hydroxylation sites is 1. The van der Waals surface area contributed by atoms with Crippen molar-refractivity contribution in [2.75, 3.05) is 37.1 Å². The molecule has 2 aliphatic heterocycles. The molecule has 5 heteroatoms. The number of carbonyl (C=O) groups is 1. The number of hydrogen-bond donors (Lipinski definition) is 0. The van der Waals surface area contributed by atoms with E-state index in [1.54, 1.807) is 7.11 Å². The molecule has 1 amide bonds. The second kappa shape index (κ2) is 6.02. The first-order valence-corrected chi connectivity index (χ1v) is 9.05. The van der Waals surface area contributed by atoms with E-state index in [1.807, 2.05) is 73.2 Å². The molecule has 5 nitrogen and oxygen atoms in total. The lowest BCUT2D eigenvalue weighted by atomic mass is 9.75. The Morgan fingerprint density at radius 3 is 2.50 bits per heavy atom. The van der Waals surface area contributed by atoms with E-state index in [0.717, 1.165) is 28.3 Å². The fourth-order valence-electron chi connectivity index (χ4n) is 4.57. The molecule has 0 N–H and O–H groups in total. The van der Waals surface area contributed by atoms with Gasteiger partial charge in [0.25, 0.3) is 0 Å². The minimum Gasteiger partial charge on any atom is -0.494 e. The number of fused-ring (bicyclic) bond motifs is 4. The molecule has 0 aliphatic carbocycles. The Labute approximate surface area is 154 Å². The SMILES string of the molecule is CCOc1ccc2c(c1)N(C)[C@H](OC)C21C(=O)N(CC)c2ccccc21. The zero-order valence-corrected chi connectivity index (χ0v) is 15.7. The molecule has 1 unspecified atom stereocenters. The minimum atomic E-state index is -0.851. The van der Waals surface area contributed by atoms with Crippen molar-refractivity contribution in [3.05, 3.63) is 53.6 Å². The smallest absolute Gasteiger partial charge is 0.246 e. The maximum atomic E-state index is 13.7. The van der Waals surface area contributed by atoms with Crippen molar-refractivity contribution in [3.63, 3.8) is 0 Å². The number of hydrogen-bond acceptors (Lipinski definition) is 4. The quantitative estimate of drug-likeness (QED) is 0.848. The van der Waals surface area contributed by atoms with Crippen molar-refractivity contribution in [2.45, 2.75) is 25.5 Å². The van der Waals surface area contributed by atoms with E-state index < -0.39 is 11.6 Å².